The summed E-state index contributed by atoms with van der Waals surface area (Å²) in [7, 11) is -1.98. The van der Waals surface area contributed by atoms with E-state index in [4.69, 9.17) is 0 Å². The molecule has 4 aromatic carbocycles. The maximum Gasteiger partial charge on any atom is 0.144 e. The zero-order chi connectivity index (χ0) is 20.4. The lowest BCUT2D eigenvalue weighted by molar-refractivity contribution is -0.00000591. The maximum atomic E-state index is 2.34. The SMILES string of the molecule is Cc1ccc([P+](c2ccc(C)cc2)(c2ccc(C)cc2)c2ccc(C)cc2)cc1.[I-]. The predicted octanol–water partition coefficient (Wildman–Crippen LogP) is 2.54. The van der Waals surface area contributed by atoms with E-state index in [1.807, 2.05) is 0 Å². The molecule has 4 rings (SSSR count). The van der Waals surface area contributed by atoms with E-state index in [9.17, 15) is 0 Å². The van der Waals surface area contributed by atoms with Crippen molar-refractivity contribution in [2.24, 2.45) is 0 Å². The summed E-state index contributed by atoms with van der Waals surface area (Å²) in [5.41, 5.74) is 5.18. The van der Waals surface area contributed by atoms with Crippen LogP contribution in [0.2, 0.25) is 0 Å². The Kier molecular flexibility index (Phi) is 7.16. The van der Waals surface area contributed by atoms with Crippen molar-refractivity contribution in [3.05, 3.63) is 119 Å². The molecule has 0 spiro atoms. The van der Waals surface area contributed by atoms with Crippen molar-refractivity contribution in [2.45, 2.75) is 27.7 Å². The molecular weight excluding hydrogens is 494 g/mol. The highest BCUT2D eigenvalue weighted by Gasteiger charge is 2.47. The second kappa shape index (κ2) is 9.45. The van der Waals surface area contributed by atoms with Crippen LogP contribution < -0.4 is 45.2 Å². The van der Waals surface area contributed by atoms with Gasteiger partial charge >= 0.3 is 0 Å². The molecular formula is C28H28IP. The van der Waals surface area contributed by atoms with Crippen molar-refractivity contribution in [2.75, 3.05) is 0 Å². The highest BCUT2D eigenvalue weighted by molar-refractivity contribution is 8.01. The molecule has 0 amide bonds. The van der Waals surface area contributed by atoms with Gasteiger partial charge in [-0.25, -0.2) is 0 Å². The van der Waals surface area contributed by atoms with Gasteiger partial charge < -0.3 is 24.0 Å². The van der Waals surface area contributed by atoms with E-state index < -0.39 is 7.26 Å². The molecule has 0 bridgehead atoms. The lowest BCUT2D eigenvalue weighted by atomic mass is 10.2. The first-order valence-electron chi connectivity index (χ1n) is 10.2. The van der Waals surface area contributed by atoms with E-state index in [0.29, 0.717) is 0 Å². The fourth-order valence-corrected chi connectivity index (χ4v) is 8.14. The smallest absolute Gasteiger partial charge is 0.144 e. The van der Waals surface area contributed by atoms with E-state index in [2.05, 4.69) is 125 Å². The largest absolute Gasteiger partial charge is 1.00 e. The van der Waals surface area contributed by atoms with Crippen LogP contribution in [0.15, 0.2) is 97.1 Å². The molecule has 0 fully saturated rings. The summed E-state index contributed by atoms with van der Waals surface area (Å²) in [6.45, 7) is 8.64. The summed E-state index contributed by atoms with van der Waals surface area (Å²) in [6, 6.07) is 36.7. The van der Waals surface area contributed by atoms with Crippen molar-refractivity contribution >= 4 is 28.5 Å². The minimum atomic E-state index is -1.98. The van der Waals surface area contributed by atoms with Gasteiger partial charge in [0.15, 0.2) is 0 Å². The van der Waals surface area contributed by atoms with Gasteiger partial charge in [0.1, 0.15) is 28.5 Å². The van der Waals surface area contributed by atoms with Crippen molar-refractivity contribution in [1.82, 2.24) is 0 Å². The van der Waals surface area contributed by atoms with Gasteiger partial charge in [0.25, 0.3) is 0 Å². The van der Waals surface area contributed by atoms with Crippen molar-refractivity contribution in [1.29, 1.82) is 0 Å². The normalized spacial score (nSPS) is 11.1. The second-order valence-corrected chi connectivity index (χ2v) is 11.4. The van der Waals surface area contributed by atoms with Crippen molar-refractivity contribution in [3.8, 4) is 0 Å². The van der Waals surface area contributed by atoms with Gasteiger partial charge in [-0.2, -0.15) is 0 Å². The van der Waals surface area contributed by atoms with E-state index >= 15 is 0 Å². The quantitative estimate of drug-likeness (QED) is 0.286. The van der Waals surface area contributed by atoms with Gasteiger partial charge in [-0.3, -0.25) is 0 Å². The zero-order valence-corrected chi connectivity index (χ0v) is 21.1. The average molecular weight is 522 g/mol. The highest BCUT2D eigenvalue weighted by atomic mass is 127. The molecule has 0 atom stereocenters. The van der Waals surface area contributed by atoms with Gasteiger partial charge in [-0.15, -0.1) is 0 Å². The Morgan fingerprint density at radius 2 is 0.500 bits per heavy atom. The molecule has 0 N–H and O–H groups in total. The lowest BCUT2D eigenvalue weighted by Gasteiger charge is -2.28. The second-order valence-electron chi connectivity index (χ2n) is 8.01. The third kappa shape index (κ3) is 4.24. The lowest BCUT2D eigenvalue weighted by Crippen LogP contribution is -3.00. The van der Waals surface area contributed by atoms with Gasteiger partial charge in [-0.1, -0.05) is 70.8 Å². The molecule has 0 unspecified atom stereocenters. The van der Waals surface area contributed by atoms with E-state index in [-0.39, 0.29) is 24.0 Å². The number of benzene rings is 4. The Labute approximate surface area is 198 Å². The molecule has 0 aliphatic rings. The average Bonchev–Trinajstić information content (AvgIpc) is 2.73. The first-order valence-corrected chi connectivity index (χ1v) is 12.0. The molecule has 2 heteroatoms. The summed E-state index contributed by atoms with van der Waals surface area (Å²) >= 11 is 0. The summed E-state index contributed by atoms with van der Waals surface area (Å²) in [6.07, 6.45) is 0. The van der Waals surface area contributed by atoms with Crippen LogP contribution in [0.1, 0.15) is 22.3 Å². The molecule has 0 saturated heterocycles. The van der Waals surface area contributed by atoms with Gasteiger partial charge in [0.2, 0.25) is 0 Å². The monoisotopic (exact) mass is 522 g/mol. The summed E-state index contributed by atoms with van der Waals surface area (Å²) in [4.78, 5) is 0. The molecule has 152 valence electrons. The first-order chi connectivity index (χ1) is 14.0. The third-order valence-electron chi connectivity index (χ3n) is 5.69. The molecule has 0 saturated carbocycles. The third-order valence-corrected chi connectivity index (χ3v) is 9.98. The fraction of sp³-hybridized carbons (Fsp3) is 0.143. The number of halogens is 1. The van der Waals surface area contributed by atoms with Crippen LogP contribution >= 0.6 is 7.26 Å². The molecule has 0 aliphatic heterocycles. The number of hydrogen-bond donors (Lipinski definition) is 0. The summed E-state index contributed by atoms with van der Waals surface area (Å²) in [5, 5.41) is 5.61. The van der Waals surface area contributed by atoms with Crippen LogP contribution in [0.25, 0.3) is 0 Å². The molecule has 0 nitrogen and oxygen atoms in total. The molecule has 30 heavy (non-hydrogen) atoms. The van der Waals surface area contributed by atoms with Crippen LogP contribution in [0.4, 0.5) is 0 Å². The first kappa shape index (κ1) is 22.7. The Morgan fingerprint density at radius 3 is 0.667 bits per heavy atom. The Bertz CT molecular complexity index is 906. The summed E-state index contributed by atoms with van der Waals surface area (Å²) in [5.74, 6) is 0. The van der Waals surface area contributed by atoms with Crippen LogP contribution in [0.3, 0.4) is 0 Å². The number of rotatable bonds is 4. The molecule has 0 aromatic heterocycles. The van der Waals surface area contributed by atoms with Crippen LogP contribution in [-0.4, -0.2) is 0 Å². The standard InChI is InChI=1S/C28H28P.HI/c1-21-5-13-25(14-6-21)29(26-15-7-22(2)8-16-26,27-17-9-23(3)10-18-27)28-19-11-24(4)12-20-28;/h5-20H,1-4H3;1H/q+1;/p-1. The molecule has 0 heterocycles. The molecule has 4 aromatic rings. The van der Waals surface area contributed by atoms with E-state index in [0.717, 1.165) is 0 Å². The van der Waals surface area contributed by atoms with Gasteiger partial charge in [0.05, 0.1) is 0 Å². The minimum absolute atomic E-state index is 0. The fourth-order valence-electron chi connectivity index (χ4n) is 3.97. The maximum absolute atomic E-state index is 2.34. The topological polar surface area (TPSA) is 0 Å². The van der Waals surface area contributed by atoms with Crippen LogP contribution in [-0.2, 0) is 0 Å². The van der Waals surface area contributed by atoms with Crippen molar-refractivity contribution < 1.29 is 24.0 Å². The van der Waals surface area contributed by atoms with Crippen LogP contribution in [0.5, 0.6) is 0 Å². The van der Waals surface area contributed by atoms with E-state index in [1.54, 1.807) is 0 Å². The zero-order valence-electron chi connectivity index (χ0n) is 18.1. The Balaban J connectivity index is 0.00000256. The van der Waals surface area contributed by atoms with Gasteiger partial charge in [-0.05, 0) is 76.2 Å². The highest BCUT2D eigenvalue weighted by Crippen LogP contribution is 2.54. The van der Waals surface area contributed by atoms with Crippen molar-refractivity contribution in [3.63, 3.8) is 0 Å². The number of aryl methyl sites for hydroxylation is 4. The summed E-state index contributed by atoms with van der Waals surface area (Å²) < 4.78 is 0. The van der Waals surface area contributed by atoms with Gasteiger partial charge in [0, 0.05) is 0 Å². The van der Waals surface area contributed by atoms with E-state index in [1.165, 1.54) is 43.5 Å². The minimum Gasteiger partial charge on any atom is -1.00 e. The van der Waals surface area contributed by atoms with Crippen LogP contribution in [0, 0.1) is 27.7 Å². The predicted molar refractivity (Wildman–Crippen MR) is 130 cm³/mol. The Hall–Kier alpha value is -1.96. The molecule has 0 aliphatic carbocycles. The Morgan fingerprint density at radius 1 is 0.333 bits per heavy atom. The number of hydrogen-bond acceptors (Lipinski definition) is 0. The molecule has 0 radical (unpaired) electrons.